The van der Waals surface area contributed by atoms with Crippen molar-refractivity contribution in [2.75, 3.05) is 5.32 Å². The van der Waals surface area contributed by atoms with E-state index in [9.17, 15) is 9.18 Å². The summed E-state index contributed by atoms with van der Waals surface area (Å²) in [5.74, 6) is 0.185. The Labute approximate surface area is 196 Å². The zero-order valence-electron chi connectivity index (χ0n) is 19.1. The molecule has 1 N–H and O–H groups in total. The summed E-state index contributed by atoms with van der Waals surface area (Å²) in [6, 6.07) is 22.0. The highest BCUT2D eigenvalue weighted by atomic mass is 19.1. The van der Waals surface area contributed by atoms with Crippen LogP contribution in [0.25, 0.3) is 28.2 Å². The third-order valence-electron chi connectivity index (χ3n) is 5.97. The first-order valence-corrected chi connectivity index (χ1v) is 11.0. The summed E-state index contributed by atoms with van der Waals surface area (Å²) >= 11 is 0. The molecule has 6 heteroatoms. The average molecular weight is 451 g/mol. The molecule has 0 aliphatic rings. The summed E-state index contributed by atoms with van der Waals surface area (Å²) in [5, 5.41) is 11.8. The third-order valence-corrected chi connectivity index (χ3v) is 5.97. The molecule has 0 bridgehead atoms. The highest BCUT2D eigenvalue weighted by molar-refractivity contribution is 6.06. The molecule has 1 amide bonds. The van der Waals surface area contributed by atoms with Crippen LogP contribution in [0.1, 0.15) is 27.0 Å². The number of aryl methyl sites for hydroxylation is 3. The van der Waals surface area contributed by atoms with Crippen molar-refractivity contribution in [2.45, 2.75) is 20.8 Å². The van der Waals surface area contributed by atoms with Crippen LogP contribution in [0.2, 0.25) is 0 Å². The van der Waals surface area contributed by atoms with Gasteiger partial charge in [0.25, 0.3) is 5.91 Å². The summed E-state index contributed by atoms with van der Waals surface area (Å²) in [6.45, 7) is 5.77. The Bertz CT molecular complexity index is 1540. The molecule has 2 heterocycles. The van der Waals surface area contributed by atoms with Crippen molar-refractivity contribution in [1.29, 1.82) is 0 Å². The number of hydrogen-bond acceptors (Lipinski definition) is 3. The highest BCUT2D eigenvalue weighted by Gasteiger charge is 2.16. The van der Waals surface area contributed by atoms with E-state index in [0.717, 1.165) is 39.1 Å². The van der Waals surface area contributed by atoms with Crippen LogP contribution < -0.4 is 5.32 Å². The second kappa shape index (κ2) is 8.56. The number of anilines is 1. The van der Waals surface area contributed by atoms with Gasteiger partial charge in [-0.2, -0.15) is 0 Å². The van der Waals surface area contributed by atoms with Gasteiger partial charge in [-0.15, -0.1) is 10.2 Å². The summed E-state index contributed by atoms with van der Waals surface area (Å²) in [5.41, 5.74) is 7.32. The first-order valence-electron chi connectivity index (χ1n) is 11.0. The second-order valence-electron chi connectivity index (χ2n) is 8.45. The standard InChI is InChI=1S/C28H23FN4O/c1-17-6-11-22(12-7-17)30-28(34)25-16-20(9-8-18(25)2)24-5-4-14-33-26(31-32-27(24)33)23-13-10-21(29)15-19(23)3/h4-16H,1-3H3,(H,30,34). The van der Waals surface area contributed by atoms with E-state index < -0.39 is 0 Å². The lowest BCUT2D eigenvalue weighted by atomic mass is 9.99. The molecule has 168 valence electrons. The minimum Gasteiger partial charge on any atom is -0.322 e. The summed E-state index contributed by atoms with van der Waals surface area (Å²) < 4.78 is 15.5. The van der Waals surface area contributed by atoms with Crippen LogP contribution in [-0.4, -0.2) is 20.5 Å². The van der Waals surface area contributed by atoms with Crippen molar-refractivity contribution >= 4 is 17.2 Å². The molecule has 5 rings (SSSR count). The van der Waals surface area contributed by atoms with Gasteiger partial charge < -0.3 is 5.32 Å². The van der Waals surface area contributed by atoms with E-state index >= 15 is 0 Å². The number of benzene rings is 3. The van der Waals surface area contributed by atoms with Crippen LogP contribution in [0.15, 0.2) is 79.0 Å². The maximum absolute atomic E-state index is 13.6. The van der Waals surface area contributed by atoms with Gasteiger partial charge in [-0.25, -0.2) is 4.39 Å². The molecular weight excluding hydrogens is 427 g/mol. The number of rotatable bonds is 4. The molecule has 2 aromatic heterocycles. The summed E-state index contributed by atoms with van der Waals surface area (Å²) in [6.07, 6.45) is 1.89. The molecule has 0 saturated carbocycles. The minimum absolute atomic E-state index is 0.167. The average Bonchev–Trinajstić information content (AvgIpc) is 3.25. The van der Waals surface area contributed by atoms with Gasteiger partial charge in [0.05, 0.1) is 0 Å². The number of hydrogen-bond donors (Lipinski definition) is 1. The Morgan fingerprint density at radius 3 is 2.41 bits per heavy atom. The number of pyridine rings is 1. The van der Waals surface area contributed by atoms with Gasteiger partial charge in [0, 0.05) is 28.6 Å². The fourth-order valence-electron chi connectivity index (χ4n) is 4.07. The predicted molar refractivity (Wildman–Crippen MR) is 132 cm³/mol. The van der Waals surface area contributed by atoms with Gasteiger partial charge in [-0.3, -0.25) is 9.20 Å². The van der Waals surface area contributed by atoms with Gasteiger partial charge in [-0.1, -0.05) is 29.8 Å². The molecule has 0 unspecified atom stereocenters. The number of nitrogens with one attached hydrogen (secondary N) is 1. The van der Waals surface area contributed by atoms with Crippen molar-refractivity contribution < 1.29 is 9.18 Å². The van der Waals surface area contributed by atoms with Crippen LogP contribution in [0.4, 0.5) is 10.1 Å². The van der Waals surface area contributed by atoms with Gasteiger partial charge >= 0.3 is 0 Å². The molecule has 0 spiro atoms. The SMILES string of the molecule is Cc1ccc(NC(=O)c2cc(-c3cccn4c(-c5ccc(F)cc5C)nnc34)ccc2C)cc1. The van der Waals surface area contributed by atoms with Gasteiger partial charge in [0.1, 0.15) is 5.82 Å². The summed E-state index contributed by atoms with van der Waals surface area (Å²) in [4.78, 5) is 13.0. The summed E-state index contributed by atoms with van der Waals surface area (Å²) in [7, 11) is 0. The van der Waals surface area contributed by atoms with Crippen LogP contribution in [0, 0.1) is 26.6 Å². The van der Waals surface area contributed by atoms with Gasteiger partial charge in [0.2, 0.25) is 0 Å². The van der Waals surface area contributed by atoms with Gasteiger partial charge in [0.15, 0.2) is 11.5 Å². The normalized spacial score (nSPS) is 11.1. The first kappa shape index (κ1) is 21.5. The molecule has 34 heavy (non-hydrogen) atoms. The lowest BCUT2D eigenvalue weighted by Gasteiger charge is -2.11. The molecule has 0 radical (unpaired) electrons. The third kappa shape index (κ3) is 3.94. The fourth-order valence-corrected chi connectivity index (χ4v) is 4.07. The van der Waals surface area contributed by atoms with Crippen LogP contribution in [0.3, 0.4) is 0 Å². The lowest BCUT2D eigenvalue weighted by molar-refractivity contribution is 0.102. The van der Waals surface area contributed by atoms with Crippen molar-refractivity contribution in [3.63, 3.8) is 0 Å². The van der Waals surface area contributed by atoms with Crippen LogP contribution in [-0.2, 0) is 0 Å². The minimum atomic E-state index is -0.285. The molecule has 3 aromatic carbocycles. The molecule has 0 saturated heterocycles. The maximum Gasteiger partial charge on any atom is 0.255 e. The molecular formula is C28H23FN4O. The van der Waals surface area contributed by atoms with Crippen LogP contribution >= 0.6 is 0 Å². The number of nitrogens with zero attached hydrogens (tertiary/aromatic N) is 3. The molecule has 0 aliphatic carbocycles. The Kier molecular flexibility index (Phi) is 5.42. The van der Waals surface area contributed by atoms with E-state index in [-0.39, 0.29) is 11.7 Å². The molecule has 0 atom stereocenters. The van der Waals surface area contributed by atoms with E-state index in [1.165, 1.54) is 12.1 Å². The van der Waals surface area contributed by atoms with Crippen molar-refractivity contribution in [1.82, 2.24) is 14.6 Å². The van der Waals surface area contributed by atoms with Crippen molar-refractivity contribution in [3.8, 4) is 22.5 Å². The Morgan fingerprint density at radius 2 is 1.65 bits per heavy atom. The number of aromatic nitrogens is 3. The topological polar surface area (TPSA) is 59.3 Å². The zero-order chi connectivity index (χ0) is 23.8. The van der Waals surface area contributed by atoms with Crippen LogP contribution in [0.5, 0.6) is 0 Å². The molecule has 5 nitrogen and oxygen atoms in total. The maximum atomic E-state index is 13.6. The van der Waals surface area contributed by atoms with Crippen molar-refractivity contribution in [3.05, 3.63) is 107 Å². The second-order valence-corrected chi connectivity index (χ2v) is 8.45. The largest absolute Gasteiger partial charge is 0.322 e. The van der Waals surface area contributed by atoms with E-state index in [4.69, 9.17) is 0 Å². The molecule has 5 aromatic rings. The zero-order valence-corrected chi connectivity index (χ0v) is 19.1. The number of amides is 1. The quantitative estimate of drug-likeness (QED) is 0.346. The molecule has 0 aliphatic heterocycles. The van der Waals surface area contributed by atoms with E-state index in [1.54, 1.807) is 6.07 Å². The number of fused-ring (bicyclic) bond motifs is 1. The number of carbonyl (C=O) groups is 1. The van der Waals surface area contributed by atoms with E-state index in [0.29, 0.717) is 17.0 Å². The number of halogens is 1. The Balaban J connectivity index is 1.55. The predicted octanol–water partition coefficient (Wildman–Crippen LogP) is 6.38. The molecule has 0 fully saturated rings. The fraction of sp³-hybridized carbons (Fsp3) is 0.107. The number of carbonyl (C=O) groups excluding carboxylic acids is 1. The Morgan fingerprint density at radius 1 is 0.853 bits per heavy atom. The lowest BCUT2D eigenvalue weighted by Crippen LogP contribution is -2.13. The van der Waals surface area contributed by atoms with E-state index in [1.807, 2.05) is 86.0 Å². The van der Waals surface area contributed by atoms with Crippen molar-refractivity contribution in [2.24, 2.45) is 0 Å². The first-order chi connectivity index (χ1) is 16.4. The Hall–Kier alpha value is -4.32. The highest BCUT2D eigenvalue weighted by Crippen LogP contribution is 2.30. The smallest absolute Gasteiger partial charge is 0.255 e. The van der Waals surface area contributed by atoms with E-state index in [2.05, 4.69) is 15.5 Å². The van der Waals surface area contributed by atoms with Gasteiger partial charge in [-0.05, 0) is 86.0 Å². The monoisotopic (exact) mass is 450 g/mol.